The summed E-state index contributed by atoms with van der Waals surface area (Å²) in [6.07, 6.45) is 0. The maximum absolute atomic E-state index is 12.4. The molecule has 1 aliphatic heterocycles. The number of carboxylic acid groups (broad SMARTS) is 1. The molecule has 1 N–H and O–H groups in total. The van der Waals surface area contributed by atoms with Gasteiger partial charge in [0.05, 0.1) is 4.90 Å². The quantitative estimate of drug-likeness (QED) is 0.874. The highest BCUT2D eigenvalue weighted by Crippen LogP contribution is 2.17. The van der Waals surface area contributed by atoms with Crippen molar-refractivity contribution in [2.24, 2.45) is 0 Å². The molecule has 6 nitrogen and oxygen atoms in total. The highest BCUT2D eigenvalue weighted by atomic mass is 32.2. The molecule has 1 atom stereocenters. The van der Waals surface area contributed by atoms with Crippen molar-refractivity contribution in [2.45, 2.75) is 17.9 Å². The van der Waals surface area contributed by atoms with Gasteiger partial charge in [0.25, 0.3) is 0 Å². The number of piperazine rings is 1. The van der Waals surface area contributed by atoms with Crippen LogP contribution in [0.15, 0.2) is 35.2 Å². The van der Waals surface area contributed by atoms with Crippen molar-refractivity contribution in [1.29, 1.82) is 0 Å². The van der Waals surface area contributed by atoms with E-state index in [1.54, 1.807) is 42.2 Å². The molecule has 0 aromatic heterocycles. The Labute approximate surface area is 118 Å². The predicted octanol–water partition coefficient (Wildman–Crippen LogP) is 0.466. The fourth-order valence-electron chi connectivity index (χ4n) is 2.23. The molecule has 1 fully saturated rings. The first kappa shape index (κ1) is 15.0. The van der Waals surface area contributed by atoms with Crippen LogP contribution in [0.4, 0.5) is 0 Å². The Bertz CT molecular complexity index is 565. The third-order valence-electron chi connectivity index (χ3n) is 3.56. The van der Waals surface area contributed by atoms with Gasteiger partial charge < -0.3 is 5.11 Å². The second-order valence-electron chi connectivity index (χ2n) is 4.77. The molecule has 7 heteroatoms. The zero-order valence-corrected chi connectivity index (χ0v) is 12.1. The van der Waals surface area contributed by atoms with Crippen LogP contribution >= 0.6 is 0 Å². The molecule has 1 aromatic rings. The number of benzene rings is 1. The third kappa shape index (κ3) is 3.00. The third-order valence-corrected chi connectivity index (χ3v) is 5.47. The number of rotatable bonds is 4. The van der Waals surface area contributed by atoms with Gasteiger partial charge in [0.15, 0.2) is 0 Å². The smallest absolute Gasteiger partial charge is 0.320 e. The van der Waals surface area contributed by atoms with Gasteiger partial charge in [0.1, 0.15) is 6.04 Å². The van der Waals surface area contributed by atoms with Crippen molar-refractivity contribution in [3.63, 3.8) is 0 Å². The number of hydrogen-bond acceptors (Lipinski definition) is 4. The van der Waals surface area contributed by atoms with Gasteiger partial charge in [-0.1, -0.05) is 18.2 Å². The van der Waals surface area contributed by atoms with E-state index >= 15 is 0 Å². The molecule has 1 aromatic carbocycles. The molecule has 0 radical (unpaired) electrons. The summed E-state index contributed by atoms with van der Waals surface area (Å²) in [5.74, 6) is -0.885. The molecule has 1 saturated heterocycles. The minimum absolute atomic E-state index is 0.278. The fourth-order valence-corrected chi connectivity index (χ4v) is 3.67. The summed E-state index contributed by atoms with van der Waals surface area (Å²) < 4.78 is 26.2. The van der Waals surface area contributed by atoms with Crippen LogP contribution in [0.3, 0.4) is 0 Å². The largest absolute Gasteiger partial charge is 0.480 e. The SMILES string of the molecule is CC(C(=O)O)N1CCN(S(=O)(=O)c2ccccc2)CC1. The maximum atomic E-state index is 12.4. The molecular formula is C13H18N2O4S. The minimum Gasteiger partial charge on any atom is -0.480 e. The average Bonchev–Trinajstić information content (AvgIpc) is 2.47. The van der Waals surface area contributed by atoms with Crippen molar-refractivity contribution in [3.8, 4) is 0 Å². The summed E-state index contributed by atoms with van der Waals surface area (Å²) in [6.45, 7) is 3.10. The lowest BCUT2D eigenvalue weighted by Crippen LogP contribution is -2.53. The van der Waals surface area contributed by atoms with Gasteiger partial charge >= 0.3 is 5.97 Å². The molecule has 0 aliphatic carbocycles. The first-order valence-corrected chi connectivity index (χ1v) is 7.89. The van der Waals surface area contributed by atoms with Gasteiger partial charge in [-0.2, -0.15) is 4.31 Å². The van der Waals surface area contributed by atoms with E-state index in [0.717, 1.165) is 0 Å². The minimum atomic E-state index is -3.47. The van der Waals surface area contributed by atoms with Gasteiger partial charge in [0, 0.05) is 26.2 Å². The Morgan fingerprint density at radius 2 is 1.70 bits per heavy atom. The Morgan fingerprint density at radius 1 is 1.15 bits per heavy atom. The van der Waals surface area contributed by atoms with Crippen LogP contribution in [0, 0.1) is 0 Å². The highest BCUT2D eigenvalue weighted by Gasteiger charge is 2.31. The number of aliphatic carboxylic acids is 1. The van der Waals surface area contributed by atoms with E-state index in [1.807, 2.05) is 0 Å². The van der Waals surface area contributed by atoms with E-state index in [1.165, 1.54) is 4.31 Å². The number of carboxylic acids is 1. The van der Waals surface area contributed by atoms with Gasteiger partial charge in [-0.3, -0.25) is 9.69 Å². The lowest BCUT2D eigenvalue weighted by molar-refractivity contribution is -0.143. The van der Waals surface area contributed by atoms with Crippen LogP contribution < -0.4 is 0 Å². The summed E-state index contributed by atoms with van der Waals surface area (Å²) in [6, 6.07) is 7.71. The Kier molecular flexibility index (Phi) is 4.42. The van der Waals surface area contributed by atoms with Crippen molar-refractivity contribution in [3.05, 3.63) is 30.3 Å². The second kappa shape index (κ2) is 5.90. The Morgan fingerprint density at radius 3 is 2.20 bits per heavy atom. The summed E-state index contributed by atoms with van der Waals surface area (Å²) in [5.41, 5.74) is 0. The van der Waals surface area contributed by atoms with E-state index < -0.39 is 22.0 Å². The Hall–Kier alpha value is -1.44. The van der Waals surface area contributed by atoms with Crippen LogP contribution in [0.25, 0.3) is 0 Å². The van der Waals surface area contributed by atoms with Gasteiger partial charge in [-0.25, -0.2) is 8.42 Å². The van der Waals surface area contributed by atoms with E-state index in [2.05, 4.69) is 0 Å². The summed E-state index contributed by atoms with van der Waals surface area (Å²) >= 11 is 0. The van der Waals surface area contributed by atoms with Crippen LogP contribution in [0.2, 0.25) is 0 Å². The van der Waals surface area contributed by atoms with Gasteiger partial charge in [-0.15, -0.1) is 0 Å². The lowest BCUT2D eigenvalue weighted by atomic mass is 10.2. The van der Waals surface area contributed by atoms with Gasteiger partial charge in [0.2, 0.25) is 10.0 Å². The van der Waals surface area contributed by atoms with E-state index in [-0.39, 0.29) is 4.90 Å². The zero-order chi connectivity index (χ0) is 14.8. The first-order chi connectivity index (χ1) is 9.43. The monoisotopic (exact) mass is 298 g/mol. The molecule has 0 bridgehead atoms. The van der Waals surface area contributed by atoms with E-state index in [9.17, 15) is 13.2 Å². The van der Waals surface area contributed by atoms with Crippen molar-refractivity contribution in [1.82, 2.24) is 9.21 Å². The van der Waals surface area contributed by atoms with Crippen molar-refractivity contribution in [2.75, 3.05) is 26.2 Å². The number of hydrogen-bond donors (Lipinski definition) is 1. The summed E-state index contributed by atoms with van der Waals surface area (Å²) in [4.78, 5) is 13.0. The van der Waals surface area contributed by atoms with Crippen LogP contribution in [0.5, 0.6) is 0 Å². The average molecular weight is 298 g/mol. The van der Waals surface area contributed by atoms with E-state index in [0.29, 0.717) is 26.2 Å². The maximum Gasteiger partial charge on any atom is 0.320 e. The molecule has 110 valence electrons. The fraction of sp³-hybridized carbons (Fsp3) is 0.462. The number of nitrogens with zero attached hydrogens (tertiary/aromatic N) is 2. The van der Waals surface area contributed by atoms with Crippen LogP contribution in [0.1, 0.15) is 6.92 Å². The molecule has 1 heterocycles. The molecule has 20 heavy (non-hydrogen) atoms. The number of sulfonamides is 1. The molecule has 1 aliphatic rings. The summed E-state index contributed by atoms with van der Waals surface area (Å²) in [7, 11) is -3.47. The predicted molar refractivity (Wildman–Crippen MR) is 73.9 cm³/mol. The summed E-state index contributed by atoms with van der Waals surface area (Å²) in [5, 5.41) is 8.96. The molecule has 1 unspecified atom stereocenters. The van der Waals surface area contributed by atoms with Crippen LogP contribution in [-0.4, -0.2) is 60.9 Å². The normalized spacial score (nSPS) is 19.6. The lowest BCUT2D eigenvalue weighted by Gasteiger charge is -2.35. The zero-order valence-electron chi connectivity index (χ0n) is 11.3. The van der Waals surface area contributed by atoms with Crippen molar-refractivity contribution >= 4 is 16.0 Å². The molecular weight excluding hydrogens is 280 g/mol. The topological polar surface area (TPSA) is 77.9 Å². The van der Waals surface area contributed by atoms with E-state index in [4.69, 9.17) is 5.11 Å². The van der Waals surface area contributed by atoms with Crippen molar-refractivity contribution < 1.29 is 18.3 Å². The second-order valence-corrected chi connectivity index (χ2v) is 6.71. The highest BCUT2D eigenvalue weighted by molar-refractivity contribution is 7.89. The Balaban J connectivity index is 2.06. The number of carbonyl (C=O) groups is 1. The molecule has 0 saturated carbocycles. The molecule has 2 rings (SSSR count). The first-order valence-electron chi connectivity index (χ1n) is 6.45. The standard InChI is InChI=1S/C13H18N2O4S/c1-11(13(16)17)14-7-9-15(10-8-14)20(18,19)12-5-3-2-4-6-12/h2-6,11H,7-10H2,1H3,(H,16,17). The molecule has 0 spiro atoms. The van der Waals surface area contributed by atoms with Gasteiger partial charge in [-0.05, 0) is 19.1 Å². The molecule has 0 amide bonds. The van der Waals surface area contributed by atoms with Crippen LogP contribution in [-0.2, 0) is 14.8 Å².